The third-order valence-corrected chi connectivity index (χ3v) is 3.32. The lowest BCUT2D eigenvalue weighted by Crippen LogP contribution is -2.35. The Morgan fingerprint density at radius 1 is 1.43 bits per heavy atom. The molecule has 1 aromatic heterocycles. The molecular weight excluding hydrogens is 271 g/mol. The van der Waals surface area contributed by atoms with Crippen molar-refractivity contribution >= 4 is 11.6 Å². The standard InChI is InChI=1S/C15H19FN4O/c1-9(8-11-4-6-12(16)7-5-11)18-15(21)14-13(17)10(2)19-20(14)3/h4-7,9H,8,17H2,1-3H3,(H,18,21). The second kappa shape index (κ2) is 5.95. The van der Waals surface area contributed by atoms with Crippen LogP contribution in [0.4, 0.5) is 10.1 Å². The van der Waals surface area contributed by atoms with Gasteiger partial charge in [0.1, 0.15) is 11.5 Å². The molecule has 3 N–H and O–H groups in total. The lowest BCUT2D eigenvalue weighted by atomic mass is 10.1. The highest BCUT2D eigenvalue weighted by molar-refractivity contribution is 5.98. The van der Waals surface area contributed by atoms with Crippen molar-refractivity contribution in [2.45, 2.75) is 26.3 Å². The molecule has 0 fully saturated rings. The predicted molar refractivity (Wildman–Crippen MR) is 79.4 cm³/mol. The third-order valence-electron chi connectivity index (χ3n) is 3.32. The number of hydrogen-bond donors (Lipinski definition) is 2. The third kappa shape index (κ3) is 3.39. The van der Waals surface area contributed by atoms with E-state index >= 15 is 0 Å². The smallest absolute Gasteiger partial charge is 0.271 e. The van der Waals surface area contributed by atoms with Gasteiger partial charge in [0.25, 0.3) is 5.91 Å². The average molecular weight is 290 g/mol. The maximum absolute atomic E-state index is 12.9. The number of nitrogens with zero attached hydrogens (tertiary/aromatic N) is 2. The Hall–Kier alpha value is -2.37. The van der Waals surface area contributed by atoms with Crippen LogP contribution in [0, 0.1) is 12.7 Å². The summed E-state index contributed by atoms with van der Waals surface area (Å²) in [6.07, 6.45) is 0.614. The van der Waals surface area contributed by atoms with Gasteiger partial charge in [0.2, 0.25) is 0 Å². The van der Waals surface area contributed by atoms with E-state index in [1.54, 1.807) is 26.1 Å². The molecule has 0 saturated carbocycles. The van der Waals surface area contributed by atoms with Crippen molar-refractivity contribution in [3.63, 3.8) is 0 Å². The van der Waals surface area contributed by atoms with E-state index in [0.717, 1.165) is 5.56 Å². The Morgan fingerprint density at radius 3 is 2.57 bits per heavy atom. The molecular formula is C15H19FN4O. The van der Waals surface area contributed by atoms with Crippen LogP contribution in [0.15, 0.2) is 24.3 Å². The van der Waals surface area contributed by atoms with Gasteiger partial charge in [0.05, 0.1) is 11.4 Å². The normalized spacial score (nSPS) is 12.2. The number of carbonyl (C=O) groups is 1. The summed E-state index contributed by atoms with van der Waals surface area (Å²) < 4.78 is 14.3. The number of rotatable bonds is 4. The van der Waals surface area contributed by atoms with Gasteiger partial charge >= 0.3 is 0 Å². The van der Waals surface area contributed by atoms with Crippen molar-refractivity contribution in [3.8, 4) is 0 Å². The number of aryl methyl sites for hydroxylation is 2. The first-order chi connectivity index (χ1) is 9.88. The summed E-state index contributed by atoms with van der Waals surface area (Å²) in [6.45, 7) is 3.65. The number of aromatic nitrogens is 2. The Bertz CT molecular complexity index is 648. The summed E-state index contributed by atoms with van der Waals surface area (Å²) in [4.78, 5) is 12.2. The predicted octanol–water partition coefficient (Wildman–Crippen LogP) is 1.81. The SMILES string of the molecule is Cc1nn(C)c(C(=O)NC(C)Cc2ccc(F)cc2)c1N. The van der Waals surface area contributed by atoms with Gasteiger partial charge in [-0.2, -0.15) is 5.10 Å². The van der Waals surface area contributed by atoms with Crippen LogP contribution in [0.25, 0.3) is 0 Å². The lowest BCUT2D eigenvalue weighted by molar-refractivity contribution is 0.0931. The summed E-state index contributed by atoms with van der Waals surface area (Å²) >= 11 is 0. The summed E-state index contributed by atoms with van der Waals surface area (Å²) in [5.74, 6) is -0.529. The second-order valence-corrected chi connectivity index (χ2v) is 5.18. The fraction of sp³-hybridized carbons (Fsp3) is 0.333. The van der Waals surface area contributed by atoms with E-state index in [0.29, 0.717) is 23.5 Å². The molecule has 0 saturated heterocycles. The first-order valence-corrected chi connectivity index (χ1v) is 6.73. The fourth-order valence-corrected chi connectivity index (χ4v) is 2.26. The molecule has 0 aliphatic rings. The van der Waals surface area contributed by atoms with Crippen LogP contribution < -0.4 is 11.1 Å². The number of nitrogens with two attached hydrogens (primary N) is 1. The molecule has 6 heteroatoms. The zero-order valence-corrected chi connectivity index (χ0v) is 12.4. The van der Waals surface area contributed by atoms with Crippen LogP contribution in [0.3, 0.4) is 0 Å². The monoisotopic (exact) mass is 290 g/mol. The molecule has 0 spiro atoms. The molecule has 1 amide bonds. The van der Waals surface area contributed by atoms with Crippen LogP contribution in [0.1, 0.15) is 28.7 Å². The molecule has 1 atom stereocenters. The largest absolute Gasteiger partial charge is 0.395 e. The number of anilines is 1. The highest BCUT2D eigenvalue weighted by Crippen LogP contribution is 2.15. The van der Waals surface area contributed by atoms with E-state index in [4.69, 9.17) is 5.73 Å². The maximum Gasteiger partial charge on any atom is 0.271 e. The second-order valence-electron chi connectivity index (χ2n) is 5.18. The van der Waals surface area contributed by atoms with Crippen molar-refractivity contribution in [3.05, 3.63) is 47.0 Å². The zero-order chi connectivity index (χ0) is 15.6. The molecule has 0 aliphatic heterocycles. The molecule has 21 heavy (non-hydrogen) atoms. The van der Waals surface area contributed by atoms with Crippen molar-refractivity contribution in [1.82, 2.24) is 15.1 Å². The Labute approximate surface area is 123 Å². The first kappa shape index (κ1) is 15.0. The van der Waals surface area contributed by atoms with Crippen LogP contribution >= 0.6 is 0 Å². The van der Waals surface area contributed by atoms with Crippen molar-refractivity contribution in [2.75, 3.05) is 5.73 Å². The molecule has 1 heterocycles. The van der Waals surface area contributed by atoms with Crippen molar-refractivity contribution < 1.29 is 9.18 Å². The summed E-state index contributed by atoms with van der Waals surface area (Å²) in [5.41, 5.74) is 8.21. The van der Waals surface area contributed by atoms with Crippen molar-refractivity contribution in [1.29, 1.82) is 0 Å². The molecule has 0 aliphatic carbocycles. The van der Waals surface area contributed by atoms with Crippen molar-refractivity contribution in [2.24, 2.45) is 7.05 Å². The van der Waals surface area contributed by atoms with Crippen LogP contribution in [-0.4, -0.2) is 21.7 Å². The van der Waals surface area contributed by atoms with Gasteiger partial charge in [-0.15, -0.1) is 0 Å². The van der Waals surface area contributed by atoms with Gasteiger partial charge in [-0.25, -0.2) is 4.39 Å². The Balaban J connectivity index is 2.03. The fourth-order valence-electron chi connectivity index (χ4n) is 2.26. The molecule has 0 radical (unpaired) electrons. The van der Waals surface area contributed by atoms with Crippen LogP contribution in [0.2, 0.25) is 0 Å². The number of hydrogen-bond acceptors (Lipinski definition) is 3. The minimum absolute atomic E-state index is 0.0995. The molecule has 1 aromatic carbocycles. The number of nitrogen functional groups attached to an aromatic ring is 1. The van der Waals surface area contributed by atoms with E-state index in [2.05, 4.69) is 10.4 Å². The summed E-state index contributed by atoms with van der Waals surface area (Å²) in [7, 11) is 1.68. The average Bonchev–Trinajstić information content (AvgIpc) is 2.66. The van der Waals surface area contributed by atoms with Gasteiger partial charge < -0.3 is 11.1 Å². The van der Waals surface area contributed by atoms with E-state index in [-0.39, 0.29) is 17.8 Å². The van der Waals surface area contributed by atoms with Crippen LogP contribution in [-0.2, 0) is 13.5 Å². The van der Waals surface area contributed by atoms with E-state index in [1.165, 1.54) is 16.8 Å². The zero-order valence-electron chi connectivity index (χ0n) is 12.4. The minimum atomic E-state index is -0.270. The van der Waals surface area contributed by atoms with Gasteiger partial charge in [0.15, 0.2) is 0 Å². The number of halogens is 1. The molecule has 1 unspecified atom stereocenters. The van der Waals surface area contributed by atoms with Gasteiger partial charge in [-0.3, -0.25) is 9.48 Å². The number of nitrogens with one attached hydrogen (secondary N) is 1. The molecule has 5 nitrogen and oxygen atoms in total. The highest BCUT2D eigenvalue weighted by Gasteiger charge is 2.19. The molecule has 0 bridgehead atoms. The number of amides is 1. The summed E-state index contributed by atoms with van der Waals surface area (Å²) in [5, 5.41) is 7.00. The van der Waals surface area contributed by atoms with E-state index in [1.807, 2.05) is 6.92 Å². The maximum atomic E-state index is 12.9. The van der Waals surface area contributed by atoms with Gasteiger partial charge in [0, 0.05) is 13.1 Å². The van der Waals surface area contributed by atoms with Gasteiger partial charge in [-0.1, -0.05) is 12.1 Å². The molecule has 2 rings (SSSR count). The number of benzene rings is 1. The van der Waals surface area contributed by atoms with Crippen LogP contribution in [0.5, 0.6) is 0 Å². The number of carbonyl (C=O) groups excluding carboxylic acids is 1. The molecule has 112 valence electrons. The Kier molecular flexibility index (Phi) is 4.26. The Morgan fingerprint density at radius 2 is 2.05 bits per heavy atom. The lowest BCUT2D eigenvalue weighted by Gasteiger charge is -2.14. The van der Waals surface area contributed by atoms with Gasteiger partial charge in [-0.05, 0) is 38.0 Å². The quantitative estimate of drug-likeness (QED) is 0.902. The highest BCUT2D eigenvalue weighted by atomic mass is 19.1. The van der Waals surface area contributed by atoms with E-state index in [9.17, 15) is 9.18 Å². The molecule has 2 aromatic rings. The minimum Gasteiger partial charge on any atom is -0.395 e. The summed E-state index contributed by atoms with van der Waals surface area (Å²) in [6, 6.07) is 6.14. The first-order valence-electron chi connectivity index (χ1n) is 6.73. The topological polar surface area (TPSA) is 72.9 Å². The van der Waals surface area contributed by atoms with E-state index < -0.39 is 0 Å².